The molecule has 0 aliphatic carbocycles. The first kappa shape index (κ1) is 11.6. The maximum absolute atomic E-state index is 11.2. The summed E-state index contributed by atoms with van der Waals surface area (Å²) in [6.07, 6.45) is 0.278. The van der Waals surface area contributed by atoms with Gasteiger partial charge in [0.2, 0.25) is 18.2 Å². The number of hydrogen-bond acceptors (Lipinski definition) is 3. The van der Waals surface area contributed by atoms with Gasteiger partial charge in [-0.1, -0.05) is 13.8 Å². The molecule has 0 saturated heterocycles. The van der Waals surface area contributed by atoms with Crippen LogP contribution in [0.15, 0.2) is 0 Å². The summed E-state index contributed by atoms with van der Waals surface area (Å²) in [6, 6.07) is 0. The maximum Gasteiger partial charge on any atom is 0.239 e. The van der Waals surface area contributed by atoms with E-state index in [4.69, 9.17) is 0 Å². The highest BCUT2D eigenvalue weighted by atomic mass is 16.2. The molecular formula is C8H14N2O3. The Kier molecular flexibility index (Phi) is 4.72. The molecule has 0 radical (unpaired) electrons. The first-order chi connectivity index (χ1) is 6.04. The van der Waals surface area contributed by atoms with E-state index in [0.717, 1.165) is 0 Å². The van der Waals surface area contributed by atoms with Gasteiger partial charge in [0.05, 0.1) is 0 Å². The fourth-order valence-electron chi connectivity index (χ4n) is 1.03. The molecule has 0 bridgehead atoms. The molecule has 0 saturated carbocycles. The van der Waals surface area contributed by atoms with Gasteiger partial charge in [0.1, 0.15) is 5.92 Å². The Morgan fingerprint density at radius 1 is 1.23 bits per heavy atom. The zero-order valence-corrected chi connectivity index (χ0v) is 7.96. The van der Waals surface area contributed by atoms with E-state index in [1.165, 1.54) is 7.05 Å². The lowest BCUT2D eigenvalue weighted by Crippen LogP contribution is -2.42. The highest BCUT2D eigenvalue weighted by Gasteiger charge is 2.28. The SMILES string of the molecule is CNC(=O)C(C(=O)NC=O)C(C)C. The summed E-state index contributed by atoms with van der Waals surface area (Å²) in [6.45, 7) is 3.48. The Morgan fingerprint density at radius 3 is 2.08 bits per heavy atom. The molecule has 0 aromatic heterocycles. The van der Waals surface area contributed by atoms with Crippen molar-refractivity contribution in [3.63, 3.8) is 0 Å². The molecule has 74 valence electrons. The van der Waals surface area contributed by atoms with Crippen LogP contribution >= 0.6 is 0 Å². The average molecular weight is 186 g/mol. The van der Waals surface area contributed by atoms with E-state index in [0.29, 0.717) is 0 Å². The lowest BCUT2D eigenvalue weighted by atomic mass is 9.94. The molecule has 0 aliphatic rings. The first-order valence-electron chi connectivity index (χ1n) is 4.00. The van der Waals surface area contributed by atoms with Crippen molar-refractivity contribution in [2.75, 3.05) is 7.05 Å². The molecule has 5 nitrogen and oxygen atoms in total. The molecule has 5 heteroatoms. The lowest BCUT2D eigenvalue weighted by Gasteiger charge is -2.16. The second-order valence-corrected chi connectivity index (χ2v) is 2.96. The van der Waals surface area contributed by atoms with Crippen molar-refractivity contribution in [1.82, 2.24) is 10.6 Å². The molecule has 0 aromatic rings. The number of nitrogens with one attached hydrogen (secondary N) is 2. The fourth-order valence-corrected chi connectivity index (χ4v) is 1.03. The average Bonchev–Trinajstić information content (AvgIpc) is 2.04. The second-order valence-electron chi connectivity index (χ2n) is 2.96. The summed E-state index contributed by atoms with van der Waals surface area (Å²) in [5.74, 6) is -1.89. The molecule has 0 spiro atoms. The van der Waals surface area contributed by atoms with Crippen LogP contribution in [0.2, 0.25) is 0 Å². The summed E-state index contributed by atoms with van der Waals surface area (Å²) in [5.41, 5.74) is 0. The minimum Gasteiger partial charge on any atom is -0.358 e. The van der Waals surface area contributed by atoms with Crippen LogP contribution in [0.25, 0.3) is 0 Å². The van der Waals surface area contributed by atoms with Crippen molar-refractivity contribution in [1.29, 1.82) is 0 Å². The van der Waals surface area contributed by atoms with Crippen LogP contribution in [0.4, 0.5) is 0 Å². The van der Waals surface area contributed by atoms with Crippen LogP contribution in [0, 0.1) is 11.8 Å². The largest absolute Gasteiger partial charge is 0.358 e. The normalized spacial score (nSPS) is 12.0. The van der Waals surface area contributed by atoms with E-state index in [2.05, 4.69) is 5.32 Å². The summed E-state index contributed by atoms with van der Waals surface area (Å²) >= 11 is 0. The van der Waals surface area contributed by atoms with Crippen LogP contribution in [0.5, 0.6) is 0 Å². The van der Waals surface area contributed by atoms with E-state index in [9.17, 15) is 14.4 Å². The molecular weight excluding hydrogens is 172 g/mol. The Balaban J connectivity index is 4.50. The predicted octanol–water partition coefficient (Wildman–Crippen LogP) is -0.723. The molecule has 1 unspecified atom stereocenters. The fraction of sp³-hybridized carbons (Fsp3) is 0.625. The van der Waals surface area contributed by atoms with Crippen molar-refractivity contribution >= 4 is 18.2 Å². The Hall–Kier alpha value is -1.39. The number of carbonyl (C=O) groups is 3. The van der Waals surface area contributed by atoms with Gasteiger partial charge in [0, 0.05) is 7.05 Å². The van der Waals surface area contributed by atoms with Crippen LogP contribution in [-0.2, 0) is 14.4 Å². The van der Waals surface area contributed by atoms with Gasteiger partial charge in [-0.25, -0.2) is 0 Å². The third-order valence-corrected chi connectivity index (χ3v) is 1.68. The Bertz CT molecular complexity index is 213. The van der Waals surface area contributed by atoms with E-state index in [1.807, 2.05) is 5.32 Å². The number of imide groups is 1. The van der Waals surface area contributed by atoms with Gasteiger partial charge in [0.15, 0.2) is 0 Å². The topological polar surface area (TPSA) is 75.3 Å². The summed E-state index contributed by atoms with van der Waals surface area (Å²) in [7, 11) is 1.45. The van der Waals surface area contributed by atoms with E-state index < -0.39 is 11.8 Å². The first-order valence-corrected chi connectivity index (χ1v) is 4.00. The highest BCUT2D eigenvalue weighted by Crippen LogP contribution is 2.10. The van der Waals surface area contributed by atoms with Crippen LogP contribution < -0.4 is 10.6 Å². The Labute approximate surface area is 76.9 Å². The summed E-state index contributed by atoms with van der Waals surface area (Å²) < 4.78 is 0. The van der Waals surface area contributed by atoms with Gasteiger partial charge in [-0.15, -0.1) is 0 Å². The maximum atomic E-state index is 11.2. The third-order valence-electron chi connectivity index (χ3n) is 1.68. The lowest BCUT2D eigenvalue weighted by molar-refractivity contribution is -0.137. The molecule has 0 fully saturated rings. The molecule has 0 heterocycles. The van der Waals surface area contributed by atoms with Gasteiger partial charge in [0.25, 0.3) is 0 Å². The molecule has 3 amide bonds. The predicted molar refractivity (Wildman–Crippen MR) is 46.6 cm³/mol. The van der Waals surface area contributed by atoms with E-state index in [1.54, 1.807) is 13.8 Å². The van der Waals surface area contributed by atoms with E-state index in [-0.39, 0.29) is 18.2 Å². The molecule has 1 atom stereocenters. The van der Waals surface area contributed by atoms with Gasteiger partial charge in [-0.05, 0) is 5.92 Å². The van der Waals surface area contributed by atoms with Crippen molar-refractivity contribution in [3.05, 3.63) is 0 Å². The molecule has 0 aromatic carbocycles. The number of carbonyl (C=O) groups excluding carboxylic acids is 3. The zero-order valence-electron chi connectivity index (χ0n) is 7.96. The van der Waals surface area contributed by atoms with Crippen LogP contribution in [-0.4, -0.2) is 25.3 Å². The van der Waals surface area contributed by atoms with Gasteiger partial charge in [-0.3, -0.25) is 19.7 Å². The van der Waals surface area contributed by atoms with Crippen molar-refractivity contribution in [2.24, 2.45) is 11.8 Å². The molecule has 0 rings (SSSR count). The minimum atomic E-state index is -0.810. The summed E-state index contributed by atoms with van der Waals surface area (Å²) in [4.78, 5) is 32.4. The quantitative estimate of drug-likeness (QED) is 0.449. The van der Waals surface area contributed by atoms with Gasteiger partial charge >= 0.3 is 0 Å². The molecule has 13 heavy (non-hydrogen) atoms. The molecule has 2 N–H and O–H groups in total. The van der Waals surface area contributed by atoms with E-state index >= 15 is 0 Å². The third kappa shape index (κ3) is 3.23. The standard InChI is InChI=1S/C8H14N2O3/c1-5(2)6(7(12)9-3)8(13)10-4-11/h4-6H,1-3H3,(H,9,12)(H,10,11,13). The minimum absolute atomic E-state index is 0.139. The second kappa shape index (κ2) is 5.29. The van der Waals surface area contributed by atoms with Crippen LogP contribution in [0.1, 0.15) is 13.8 Å². The number of hydrogen-bond donors (Lipinski definition) is 2. The monoisotopic (exact) mass is 186 g/mol. The zero-order chi connectivity index (χ0) is 10.4. The number of amides is 3. The Morgan fingerprint density at radius 2 is 1.77 bits per heavy atom. The van der Waals surface area contributed by atoms with Crippen LogP contribution in [0.3, 0.4) is 0 Å². The van der Waals surface area contributed by atoms with Crippen molar-refractivity contribution in [3.8, 4) is 0 Å². The molecule has 0 aliphatic heterocycles. The van der Waals surface area contributed by atoms with Gasteiger partial charge < -0.3 is 5.32 Å². The van der Waals surface area contributed by atoms with Crippen molar-refractivity contribution in [2.45, 2.75) is 13.8 Å². The van der Waals surface area contributed by atoms with Crippen molar-refractivity contribution < 1.29 is 14.4 Å². The smallest absolute Gasteiger partial charge is 0.239 e. The highest BCUT2D eigenvalue weighted by molar-refractivity contribution is 6.03. The number of rotatable bonds is 4. The van der Waals surface area contributed by atoms with Gasteiger partial charge in [-0.2, -0.15) is 0 Å². The summed E-state index contributed by atoms with van der Waals surface area (Å²) in [5, 5.41) is 4.33.